The van der Waals surface area contributed by atoms with Gasteiger partial charge in [0.25, 0.3) is 0 Å². The van der Waals surface area contributed by atoms with Crippen LogP contribution in [-0.4, -0.2) is 19.9 Å². The molecule has 8 nitrogen and oxygen atoms in total. The fourth-order valence-electron chi connectivity index (χ4n) is 3.39. The first kappa shape index (κ1) is 21.1. The highest BCUT2D eigenvalue weighted by atomic mass is 19.1. The minimum absolute atomic E-state index is 0.0644. The molecule has 0 saturated heterocycles. The average Bonchev–Trinajstić information content (AvgIpc) is 3.30. The van der Waals surface area contributed by atoms with Crippen molar-refractivity contribution in [1.82, 2.24) is 19.9 Å². The number of anilines is 4. The number of rotatable bonds is 7. The summed E-state index contributed by atoms with van der Waals surface area (Å²) in [6.07, 6.45) is 3.33. The first-order chi connectivity index (χ1) is 16.5. The standard InChI is InChI=1S/C24H19F2N7O/c25-14-1-3-15(4-2-14)30-13-17-12-22(33-24(27)32-17)31-16-5-6-21(19(26)11-16)34-20-8-10-29-23-18(20)7-9-28-23/h1-12,30H,13H2,(H,28,29)(H3,27,31,32,33). The monoisotopic (exact) mass is 459 g/mol. The molecule has 0 aliphatic heterocycles. The molecule has 170 valence electrons. The van der Waals surface area contributed by atoms with Gasteiger partial charge in [-0.25, -0.2) is 18.7 Å². The number of hydrogen-bond acceptors (Lipinski definition) is 7. The maximum absolute atomic E-state index is 14.8. The molecule has 0 amide bonds. The number of ether oxygens (including phenoxy) is 1. The van der Waals surface area contributed by atoms with Crippen molar-refractivity contribution in [3.63, 3.8) is 0 Å². The van der Waals surface area contributed by atoms with E-state index in [1.165, 1.54) is 24.3 Å². The normalized spacial score (nSPS) is 10.9. The number of aromatic amines is 1. The van der Waals surface area contributed by atoms with Crippen molar-refractivity contribution in [3.05, 3.63) is 90.4 Å². The van der Waals surface area contributed by atoms with Gasteiger partial charge in [-0.3, -0.25) is 0 Å². The van der Waals surface area contributed by atoms with Gasteiger partial charge in [-0.1, -0.05) is 0 Å². The van der Waals surface area contributed by atoms with Crippen LogP contribution in [-0.2, 0) is 6.54 Å². The van der Waals surface area contributed by atoms with Gasteiger partial charge in [-0.15, -0.1) is 0 Å². The lowest BCUT2D eigenvalue weighted by Crippen LogP contribution is -2.07. The number of nitrogens with zero attached hydrogens (tertiary/aromatic N) is 3. The summed E-state index contributed by atoms with van der Waals surface area (Å²) in [5, 5.41) is 6.91. The average molecular weight is 459 g/mol. The van der Waals surface area contributed by atoms with E-state index in [0.29, 0.717) is 35.1 Å². The molecular weight excluding hydrogens is 440 g/mol. The van der Waals surface area contributed by atoms with E-state index in [9.17, 15) is 8.78 Å². The van der Waals surface area contributed by atoms with E-state index in [-0.39, 0.29) is 17.5 Å². The number of nitrogen functional groups attached to an aromatic ring is 1. The third-order valence-electron chi connectivity index (χ3n) is 4.96. The van der Waals surface area contributed by atoms with E-state index >= 15 is 0 Å². The quantitative estimate of drug-likeness (QED) is 0.259. The van der Waals surface area contributed by atoms with Crippen LogP contribution >= 0.6 is 0 Å². The minimum Gasteiger partial charge on any atom is -0.453 e. The molecule has 0 radical (unpaired) electrons. The van der Waals surface area contributed by atoms with Crippen LogP contribution in [0, 0.1) is 11.6 Å². The molecule has 3 heterocycles. The summed E-state index contributed by atoms with van der Waals surface area (Å²) in [5.74, 6) is 0.170. The molecule has 0 bridgehead atoms. The summed E-state index contributed by atoms with van der Waals surface area (Å²) in [6.45, 7) is 0.341. The van der Waals surface area contributed by atoms with E-state index in [1.54, 1.807) is 42.7 Å². The Labute approximate surface area is 192 Å². The molecule has 5 aromatic rings. The van der Waals surface area contributed by atoms with Gasteiger partial charge in [0.05, 0.1) is 17.6 Å². The first-order valence-electron chi connectivity index (χ1n) is 10.3. The minimum atomic E-state index is -0.550. The summed E-state index contributed by atoms with van der Waals surface area (Å²) < 4.78 is 33.6. The van der Waals surface area contributed by atoms with Gasteiger partial charge in [-0.2, -0.15) is 4.98 Å². The van der Waals surface area contributed by atoms with Crippen molar-refractivity contribution < 1.29 is 13.5 Å². The number of nitrogens with two attached hydrogens (primary N) is 1. The Hall–Kier alpha value is -4.73. The zero-order chi connectivity index (χ0) is 23.5. The van der Waals surface area contributed by atoms with Crippen molar-refractivity contribution in [2.24, 2.45) is 0 Å². The first-order valence-corrected chi connectivity index (χ1v) is 10.3. The molecule has 0 saturated carbocycles. The molecule has 0 aliphatic carbocycles. The van der Waals surface area contributed by atoms with Gasteiger partial charge >= 0.3 is 0 Å². The van der Waals surface area contributed by atoms with Crippen molar-refractivity contribution >= 4 is 34.2 Å². The largest absolute Gasteiger partial charge is 0.453 e. The number of pyridine rings is 1. The lowest BCUT2D eigenvalue weighted by molar-refractivity contribution is 0.446. The molecule has 0 aliphatic rings. The molecule has 3 aromatic heterocycles. The Morgan fingerprint density at radius 1 is 0.912 bits per heavy atom. The van der Waals surface area contributed by atoms with Crippen molar-refractivity contribution in [2.75, 3.05) is 16.4 Å². The smallest absolute Gasteiger partial charge is 0.222 e. The molecule has 34 heavy (non-hydrogen) atoms. The van der Waals surface area contributed by atoms with Crippen molar-refractivity contribution in [1.29, 1.82) is 0 Å². The van der Waals surface area contributed by atoms with Crippen LogP contribution in [0.4, 0.5) is 31.9 Å². The van der Waals surface area contributed by atoms with E-state index in [2.05, 4.69) is 30.6 Å². The predicted molar refractivity (Wildman–Crippen MR) is 126 cm³/mol. The van der Waals surface area contributed by atoms with Crippen LogP contribution in [0.5, 0.6) is 11.5 Å². The topological polar surface area (TPSA) is 114 Å². The number of fused-ring (bicyclic) bond motifs is 1. The van der Waals surface area contributed by atoms with E-state index in [1.807, 2.05) is 6.07 Å². The Morgan fingerprint density at radius 3 is 2.56 bits per heavy atom. The third-order valence-corrected chi connectivity index (χ3v) is 4.96. The molecule has 0 unspecified atom stereocenters. The lowest BCUT2D eigenvalue weighted by atomic mass is 10.2. The van der Waals surface area contributed by atoms with E-state index < -0.39 is 5.82 Å². The Morgan fingerprint density at radius 2 is 1.74 bits per heavy atom. The van der Waals surface area contributed by atoms with Gasteiger partial charge < -0.3 is 26.1 Å². The fraction of sp³-hybridized carbons (Fsp3) is 0.0417. The third kappa shape index (κ3) is 4.70. The summed E-state index contributed by atoms with van der Waals surface area (Å²) in [5.41, 5.74) is 8.29. The Kier molecular flexibility index (Phi) is 5.61. The number of H-pyrrole nitrogens is 1. The molecule has 5 N–H and O–H groups in total. The molecule has 5 rings (SSSR count). The summed E-state index contributed by atoms with van der Waals surface area (Å²) in [6, 6.07) is 15.6. The maximum Gasteiger partial charge on any atom is 0.222 e. The highest BCUT2D eigenvalue weighted by Crippen LogP contribution is 2.31. The summed E-state index contributed by atoms with van der Waals surface area (Å²) in [4.78, 5) is 15.5. The fourth-order valence-corrected chi connectivity index (χ4v) is 3.39. The molecule has 0 fully saturated rings. The Bertz CT molecular complexity index is 1450. The van der Waals surface area contributed by atoms with Gasteiger partial charge in [0.2, 0.25) is 5.95 Å². The molecule has 0 atom stereocenters. The van der Waals surface area contributed by atoms with Crippen LogP contribution in [0.25, 0.3) is 11.0 Å². The number of benzene rings is 2. The van der Waals surface area contributed by atoms with Crippen molar-refractivity contribution in [3.8, 4) is 11.5 Å². The maximum atomic E-state index is 14.8. The highest BCUT2D eigenvalue weighted by molar-refractivity contribution is 5.82. The number of halogens is 2. The summed E-state index contributed by atoms with van der Waals surface area (Å²) in [7, 11) is 0. The number of nitrogens with one attached hydrogen (secondary N) is 3. The zero-order valence-electron chi connectivity index (χ0n) is 17.7. The van der Waals surface area contributed by atoms with E-state index in [4.69, 9.17) is 10.5 Å². The lowest BCUT2D eigenvalue weighted by Gasteiger charge is -2.12. The molecule has 2 aromatic carbocycles. The van der Waals surface area contributed by atoms with Gasteiger partial charge in [0.15, 0.2) is 11.6 Å². The SMILES string of the molecule is Nc1nc(CNc2ccc(F)cc2)cc(Nc2ccc(Oc3ccnc4[nH]ccc34)c(F)c2)n1. The van der Waals surface area contributed by atoms with Crippen LogP contribution in [0.1, 0.15) is 5.69 Å². The second-order valence-corrected chi connectivity index (χ2v) is 7.38. The number of hydrogen-bond donors (Lipinski definition) is 4. The molecule has 0 spiro atoms. The van der Waals surface area contributed by atoms with Gasteiger partial charge in [0.1, 0.15) is 23.0 Å². The number of aromatic nitrogens is 4. The van der Waals surface area contributed by atoms with Crippen LogP contribution < -0.4 is 21.1 Å². The van der Waals surface area contributed by atoms with E-state index in [0.717, 1.165) is 11.1 Å². The van der Waals surface area contributed by atoms with Crippen LogP contribution in [0.2, 0.25) is 0 Å². The summed E-state index contributed by atoms with van der Waals surface area (Å²) >= 11 is 0. The zero-order valence-corrected chi connectivity index (χ0v) is 17.7. The van der Waals surface area contributed by atoms with Crippen LogP contribution in [0.15, 0.2) is 73.1 Å². The van der Waals surface area contributed by atoms with Crippen molar-refractivity contribution in [2.45, 2.75) is 6.54 Å². The van der Waals surface area contributed by atoms with Crippen LogP contribution in [0.3, 0.4) is 0 Å². The highest BCUT2D eigenvalue weighted by Gasteiger charge is 2.11. The molecule has 10 heteroatoms. The van der Waals surface area contributed by atoms with Gasteiger partial charge in [-0.05, 0) is 48.5 Å². The predicted octanol–water partition coefficient (Wildman–Crippen LogP) is 5.36. The molecular formula is C24H19F2N7O. The second kappa shape index (κ2) is 9.02. The Balaban J connectivity index is 1.30. The second-order valence-electron chi connectivity index (χ2n) is 7.38. The van der Waals surface area contributed by atoms with Gasteiger partial charge in [0, 0.05) is 35.9 Å².